The highest BCUT2D eigenvalue weighted by molar-refractivity contribution is 9.10. The topological polar surface area (TPSA) is 67.5 Å². The van der Waals surface area contributed by atoms with Crippen LogP contribution >= 0.6 is 15.9 Å². The van der Waals surface area contributed by atoms with Crippen molar-refractivity contribution in [2.45, 2.75) is 6.92 Å². The molecule has 1 N–H and O–H groups in total. The number of hydrogen-bond acceptors (Lipinski definition) is 4. The molecule has 0 fully saturated rings. The number of nitrogens with zero attached hydrogens (tertiary/aromatic N) is 2. The molecule has 0 aliphatic rings. The van der Waals surface area contributed by atoms with Crippen LogP contribution in [0.4, 0.5) is 0 Å². The van der Waals surface area contributed by atoms with Gasteiger partial charge in [-0.25, -0.2) is 5.43 Å². The lowest BCUT2D eigenvalue weighted by Gasteiger charge is -2.02. The van der Waals surface area contributed by atoms with Crippen LogP contribution in [-0.2, 0) is 0 Å². The van der Waals surface area contributed by atoms with Crippen LogP contribution in [0.3, 0.4) is 0 Å². The summed E-state index contributed by atoms with van der Waals surface area (Å²) in [4.78, 5) is 15.7. The molecule has 24 heavy (non-hydrogen) atoms. The van der Waals surface area contributed by atoms with Crippen molar-refractivity contribution in [2.75, 3.05) is 0 Å². The number of halogens is 1. The van der Waals surface area contributed by atoms with Gasteiger partial charge in [0.05, 0.1) is 11.8 Å². The SMILES string of the molecule is Cc1ccc(-c2ccc(/C=N/NC(=O)c3cccnc3)o2)c(Br)c1. The average molecular weight is 384 g/mol. The van der Waals surface area contributed by atoms with Gasteiger partial charge in [-0.1, -0.05) is 22.0 Å². The van der Waals surface area contributed by atoms with Gasteiger partial charge in [0.1, 0.15) is 11.5 Å². The number of carbonyl (C=O) groups excluding carboxylic acids is 1. The van der Waals surface area contributed by atoms with E-state index in [1.54, 1.807) is 24.4 Å². The summed E-state index contributed by atoms with van der Waals surface area (Å²) in [5.74, 6) is 0.943. The predicted molar refractivity (Wildman–Crippen MR) is 95.9 cm³/mol. The Morgan fingerprint density at radius 2 is 2.17 bits per heavy atom. The smallest absolute Gasteiger partial charge is 0.272 e. The van der Waals surface area contributed by atoms with E-state index in [9.17, 15) is 4.79 Å². The molecule has 120 valence electrons. The van der Waals surface area contributed by atoms with E-state index in [1.807, 2.05) is 31.2 Å². The second-order valence-corrected chi connectivity index (χ2v) is 5.98. The minimum absolute atomic E-state index is 0.326. The number of aromatic nitrogens is 1. The van der Waals surface area contributed by atoms with Gasteiger partial charge in [0, 0.05) is 22.4 Å². The summed E-state index contributed by atoms with van der Waals surface area (Å²) in [7, 11) is 0. The van der Waals surface area contributed by atoms with Crippen molar-refractivity contribution in [3.8, 4) is 11.3 Å². The van der Waals surface area contributed by atoms with Gasteiger partial charge in [-0.2, -0.15) is 5.10 Å². The highest BCUT2D eigenvalue weighted by Gasteiger charge is 2.08. The zero-order chi connectivity index (χ0) is 16.9. The number of hydrogen-bond donors (Lipinski definition) is 1. The van der Waals surface area contributed by atoms with E-state index < -0.39 is 0 Å². The fourth-order valence-electron chi connectivity index (χ4n) is 2.10. The molecule has 0 spiro atoms. The summed E-state index contributed by atoms with van der Waals surface area (Å²) in [6, 6.07) is 13.0. The Kier molecular flexibility index (Phi) is 4.86. The van der Waals surface area contributed by atoms with Crippen molar-refractivity contribution in [3.05, 3.63) is 76.2 Å². The highest BCUT2D eigenvalue weighted by Crippen LogP contribution is 2.30. The molecule has 0 bridgehead atoms. The van der Waals surface area contributed by atoms with E-state index in [-0.39, 0.29) is 5.91 Å². The van der Waals surface area contributed by atoms with Gasteiger partial charge >= 0.3 is 0 Å². The monoisotopic (exact) mass is 383 g/mol. The Morgan fingerprint density at radius 3 is 2.92 bits per heavy atom. The molecular weight excluding hydrogens is 370 g/mol. The van der Waals surface area contributed by atoms with Gasteiger partial charge < -0.3 is 4.42 Å². The van der Waals surface area contributed by atoms with E-state index in [4.69, 9.17) is 4.42 Å². The molecule has 3 rings (SSSR count). The lowest BCUT2D eigenvalue weighted by molar-refractivity contribution is 0.0955. The van der Waals surface area contributed by atoms with Crippen LogP contribution in [0, 0.1) is 6.92 Å². The van der Waals surface area contributed by atoms with Crippen molar-refractivity contribution >= 4 is 28.1 Å². The fourth-order valence-corrected chi connectivity index (χ4v) is 2.79. The fraction of sp³-hybridized carbons (Fsp3) is 0.0556. The molecule has 0 aliphatic heterocycles. The van der Waals surface area contributed by atoms with Gasteiger partial charge in [0.2, 0.25) is 0 Å². The number of amides is 1. The van der Waals surface area contributed by atoms with Crippen LogP contribution < -0.4 is 5.43 Å². The van der Waals surface area contributed by atoms with Crippen molar-refractivity contribution in [2.24, 2.45) is 5.10 Å². The summed E-state index contributed by atoms with van der Waals surface area (Å²) in [5, 5.41) is 3.90. The second-order valence-electron chi connectivity index (χ2n) is 5.13. The van der Waals surface area contributed by atoms with Crippen LogP contribution in [-0.4, -0.2) is 17.1 Å². The third kappa shape index (κ3) is 3.78. The van der Waals surface area contributed by atoms with E-state index in [1.165, 1.54) is 12.4 Å². The van der Waals surface area contributed by atoms with Crippen LogP contribution in [0.15, 0.2) is 68.8 Å². The molecular formula is C18H14BrN3O2. The van der Waals surface area contributed by atoms with Crippen molar-refractivity contribution in [1.29, 1.82) is 0 Å². The Bertz CT molecular complexity index is 888. The standard InChI is InChI=1S/C18H14BrN3O2/c1-12-4-6-15(16(19)9-12)17-7-5-14(24-17)11-21-22-18(23)13-3-2-8-20-10-13/h2-11H,1H3,(H,22,23)/b21-11+. The number of furan rings is 1. The molecule has 0 saturated heterocycles. The Hall–Kier alpha value is -2.73. The number of rotatable bonds is 4. The zero-order valence-corrected chi connectivity index (χ0v) is 14.4. The Labute approximate surface area is 147 Å². The number of pyridine rings is 1. The quantitative estimate of drug-likeness (QED) is 0.542. The summed E-state index contributed by atoms with van der Waals surface area (Å²) < 4.78 is 6.70. The molecule has 2 heterocycles. The van der Waals surface area contributed by atoms with E-state index >= 15 is 0 Å². The minimum atomic E-state index is -0.326. The normalized spacial score (nSPS) is 10.9. The van der Waals surface area contributed by atoms with Gasteiger partial charge in [-0.15, -0.1) is 0 Å². The molecule has 0 atom stereocenters. The van der Waals surface area contributed by atoms with Crippen molar-refractivity contribution < 1.29 is 9.21 Å². The maximum atomic E-state index is 11.8. The third-order valence-corrected chi connectivity index (χ3v) is 3.95. The first kappa shape index (κ1) is 16.1. The number of nitrogens with one attached hydrogen (secondary N) is 1. The largest absolute Gasteiger partial charge is 0.455 e. The maximum absolute atomic E-state index is 11.8. The molecule has 0 aliphatic carbocycles. The molecule has 0 radical (unpaired) electrons. The molecule has 6 heteroatoms. The molecule has 1 amide bonds. The van der Waals surface area contributed by atoms with Crippen LogP contribution in [0.1, 0.15) is 21.7 Å². The van der Waals surface area contributed by atoms with Crippen LogP contribution in [0.5, 0.6) is 0 Å². The molecule has 3 aromatic rings. The Balaban J connectivity index is 1.69. The lowest BCUT2D eigenvalue weighted by Crippen LogP contribution is -2.17. The van der Waals surface area contributed by atoms with Gasteiger partial charge in [-0.05, 0) is 48.9 Å². The molecule has 2 aromatic heterocycles. The summed E-state index contributed by atoms with van der Waals surface area (Å²) >= 11 is 3.53. The first-order valence-corrected chi connectivity index (χ1v) is 8.02. The summed E-state index contributed by atoms with van der Waals surface area (Å²) in [6.07, 6.45) is 4.54. The number of benzene rings is 1. The first-order valence-electron chi connectivity index (χ1n) is 7.23. The predicted octanol–water partition coefficient (Wildman–Crippen LogP) is 4.18. The van der Waals surface area contributed by atoms with E-state index in [0.29, 0.717) is 11.3 Å². The van der Waals surface area contributed by atoms with Gasteiger partial charge in [0.25, 0.3) is 5.91 Å². The third-order valence-electron chi connectivity index (χ3n) is 3.30. The van der Waals surface area contributed by atoms with Gasteiger partial charge in [0.15, 0.2) is 0 Å². The summed E-state index contributed by atoms with van der Waals surface area (Å²) in [5.41, 5.74) is 5.00. The molecule has 1 aromatic carbocycles. The zero-order valence-electron chi connectivity index (χ0n) is 12.9. The van der Waals surface area contributed by atoms with Gasteiger partial charge in [-0.3, -0.25) is 9.78 Å². The highest BCUT2D eigenvalue weighted by atomic mass is 79.9. The van der Waals surface area contributed by atoms with Crippen LogP contribution in [0.25, 0.3) is 11.3 Å². The first-order chi connectivity index (χ1) is 11.6. The van der Waals surface area contributed by atoms with Crippen LogP contribution in [0.2, 0.25) is 0 Å². The lowest BCUT2D eigenvalue weighted by atomic mass is 10.1. The molecule has 0 saturated carbocycles. The van der Waals surface area contributed by atoms with E-state index in [0.717, 1.165) is 21.4 Å². The maximum Gasteiger partial charge on any atom is 0.272 e. The van der Waals surface area contributed by atoms with Crippen molar-refractivity contribution in [1.82, 2.24) is 10.4 Å². The van der Waals surface area contributed by atoms with Crippen molar-refractivity contribution in [3.63, 3.8) is 0 Å². The summed E-state index contributed by atoms with van der Waals surface area (Å²) in [6.45, 7) is 2.03. The molecule has 5 nitrogen and oxygen atoms in total. The number of aryl methyl sites for hydroxylation is 1. The molecule has 0 unspecified atom stereocenters. The number of carbonyl (C=O) groups is 1. The Morgan fingerprint density at radius 1 is 1.29 bits per heavy atom. The number of hydrazone groups is 1. The minimum Gasteiger partial charge on any atom is -0.455 e. The second kappa shape index (κ2) is 7.23. The average Bonchev–Trinajstić information content (AvgIpc) is 3.04. The van der Waals surface area contributed by atoms with E-state index in [2.05, 4.69) is 31.4 Å².